The molecule has 2 aromatic heterocycles. The van der Waals surface area contributed by atoms with Crippen LogP contribution in [-0.4, -0.2) is 27.2 Å². The van der Waals surface area contributed by atoms with Gasteiger partial charge < -0.3 is 10.6 Å². The summed E-state index contributed by atoms with van der Waals surface area (Å²) in [5.74, 6) is -0.504. The molecule has 2 N–H and O–H groups in total. The van der Waals surface area contributed by atoms with Gasteiger partial charge in [0.25, 0.3) is 5.91 Å². The number of carbonyl (C=O) groups excluding carboxylic acids is 2. The van der Waals surface area contributed by atoms with E-state index >= 15 is 0 Å². The highest BCUT2D eigenvalue weighted by Gasteiger charge is 2.25. The van der Waals surface area contributed by atoms with Gasteiger partial charge in [0.1, 0.15) is 10.6 Å². The molecule has 3 rings (SSSR count). The van der Waals surface area contributed by atoms with E-state index < -0.39 is 0 Å². The van der Waals surface area contributed by atoms with Crippen LogP contribution in [0.15, 0.2) is 24.4 Å². The van der Waals surface area contributed by atoms with Gasteiger partial charge in [-0.2, -0.15) is 4.37 Å². The fourth-order valence-corrected chi connectivity index (χ4v) is 3.93. The van der Waals surface area contributed by atoms with E-state index in [0.717, 1.165) is 37.2 Å². The van der Waals surface area contributed by atoms with E-state index in [1.54, 1.807) is 6.20 Å². The lowest BCUT2D eigenvalue weighted by atomic mass is 10.1. The predicted octanol–water partition coefficient (Wildman–Crippen LogP) is 4.25. The smallest absolute Gasteiger partial charge is 0.265 e. The standard InChI is InChI=1S/C20H26N4O2S/c1-13(2)19(25)23-17-16(15-11-7-8-12-21-15)24-27-18(17)20(26)22-14-9-5-3-4-6-10-14/h7-8,11-14H,3-6,9-10H2,1-2H3,(H,22,26)(H,23,25). The Bertz CT molecular complexity index is 781. The largest absolute Gasteiger partial charge is 0.348 e. The predicted molar refractivity (Wildman–Crippen MR) is 108 cm³/mol. The van der Waals surface area contributed by atoms with Gasteiger partial charge in [0.2, 0.25) is 5.91 Å². The summed E-state index contributed by atoms with van der Waals surface area (Å²) in [6, 6.07) is 5.70. The van der Waals surface area contributed by atoms with Crippen LogP contribution < -0.4 is 10.6 Å². The minimum Gasteiger partial charge on any atom is -0.348 e. The normalized spacial score (nSPS) is 15.4. The van der Waals surface area contributed by atoms with Crippen LogP contribution in [0, 0.1) is 5.92 Å². The molecule has 0 aliphatic heterocycles. The topological polar surface area (TPSA) is 84.0 Å². The van der Waals surface area contributed by atoms with Crippen LogP contribution in [0.3, 0.4) is 0 Å². The van der Waals surface area contributed by atoms with Crippen LogP contribution in [0.1, 0.15) is 62.0 Å². The second-order valence-corrected chi connectivity index (χ2v) is 8.03. The zero-order chi connectivity index (χ0) is 19.2. The quantitative estimate of drug-likeness (QED) is 0.752. The number of hydrogen-bond acceptors (Lipinski definition) is 5. The van der Waals surface area contributed by atoms with Crippen LogP contribution in [0.2, 0.25) is 0 Å². The molecule has 1 saturated carbocycles. The van der Waals surface area contributed by atoms with E-state index in [4.69, 9.17) is 0 Å². The molecule has 0 bridgehead atoms. The number of amides is 2. The lowest BCUT2D eigenvalue weighted by Gasteiger charge is -2.16. The Balaban J connectivity index is 1.88. The maximum atomic E-state index is 12.9. The molecule has 27 heavy (non-hydrogen) atoms. The summed E-state index contributed by atoms with van der Waals surface area (Å²) in [4.78, 5) is 30.0. The lowest BCUT2D eigenvalue weighted by Crippen LogP contribution is -2.34. The number of pyridine rings is 1. The number of nitrogens with one attached hydrogen (secondary N) is 2. The minimum atomic E-state index is -0.195. The molecule has 6 nitrogen and oxygen atoms in total. The lowest BCUT2D eigenvalue weighted by molar-refractivity contribution is -0.118. The van der Waals surface area contributed by atoms with Gasteiger partial charge in [0.15, 0.2) is 0 Å². The summed E-state index contributed by atoms with van der Waals surface area (Å²) >= 11 is 1.11. The molecular formula is C20H26N4O2S. The van der Waals surface area contributed by atoms with Gasteiger partial charge in [-0.05, 0) is 36.5 Å². The van der Waals surface area contributed by atoms with Crippen LogP contribution >= 0.6 is 11.5 Å². The average Bonchev–Trinajstić information content (AvgIpc) is 2.90. The molecule has 0 atom stereocenters. The Morgan fingerprint density at radius 3 is 2.52 bits per heavy atom. The Morgan fingerprint density at radius 1 is 1.15 bits per heavy atom. The van der Waals surface area contributed by atoms with Crippen LogP contribution in [0.25, 0.3) is 11.4 Å². The molecule has 2 aromatic rings. The number of nitrogens with zero attached hydrogens (tertiary/aromatic N) is 2. The van der Waals surface area contributed by atoms with E-state index in [1.165, 1.54) is 12.8 Å². The maximum absolute atomic E-state index is 12.9. The first-order valence-corrected chi connectivity index (χ1v) is 10.4. The van der Waals surface area contributed by atoms with Gasteiger partial charge in [0.05, 0.1) is 11.4 Å². The monoisotopic (exact) mass is 386 g/mol. The molecule has 0 aromatic carbocycles. The second kappa shape index (κ2) is 9.08. The molecule has 0 saturated heterocycles. The Kier molecular flexibility index (Phi) is 6.55. The van der Waals surface area contributed by atoms with Crippen molar-refractivity contribution in [3.8, 4) is 11.4 Å². The molecule has 7 heteroatoms. The van der Waals surface area contributed by atoms with Crippen molar-refractivity contribution in [2.45, 2.75) is 58.4 Å². The van der Waals surface area contributed by atoms with Gasteiger partial charge in [-0.3, -0.25) is 14.6 Å². The summed E-state index contributed by atoms with van der Waals surface area (Å²) in [5.41, 5.74) is 1.64. The Hall–Kier alpha value is -2.28. The highest BCUT2D eigenvalue weighted by Crippen LogP contribution is 2.33. The SMILES string of the molecule is CC(C)C(=O)Nc1c(-c2ccccn2)nsc1C(=O)NC1CCCCCC1. The Labute approximate surface area is 164 Å². The third kappa shape index (κ3) is 4.91. The average molecular weight is 387 g/mol. The van der Waals surface area contributed by atoms with Crippen LogP contribution in [-0.2, 0) is 4.79 Å². The summed E-state index contributed by atoms with van der Waals surface area (Å²) in [7, 11) is 0. The molecule has 0 unspecified atom stereocenters. The maximum Gasteiger partial charge on any atom is 0.265 e. The Morgan fingerprint density at radius 2 is 1.89 bits per heavy atom. The highest BCUT2D eigenvalue weighted by atomic mass is 32.1. The zero-order valence-corrected chi connectivity index (χ0v) is 16.6. The third-order valence-corrected chi connectivity index (χ3v) is 5.61. The van der Waals surface area contributed by atoms with Gasteiger partial charge in [-0.25, -0.2) is 0 Å². The summed E-state index contributed by atoms with van der Waals surface area (Å²) in [6.45, 7) is 3.64. The van der Waals surface area contributed by atoms with Crippen molar-refractivity contribution < 1.29 is 9.59 Å². The fourth-order valence-electron chi connectivity index (χ4n) is 3.18. The van der Waals surface area contributed by atoms with Crippen molar-refractivity contribution in [2.24, 2.45) is 5.92 Å². The second-order valence-electron chi connectivity index (χ2n) is 7.26. The molecular weight excluding hydrogens is 360 g/mol. The fraction of sp³-hybridized carbons (Fsp3) is 0.500. The number of carbonyl (C=O) groups is 2. The molecule has 2 heterocycles. The molecule has 144 valence electrons. The van der Waals surface area contributed by atoms with Gasteiger partial charge in [0, 0.05) is 18.2 Å². The number of anilines is 1. The third-order valence-electron chi connectivity index (χ3n) is 4.77. The first-order chi connectivity index (χ1) is 13.1. The summed E-state index contributed by atoms with van der Waals surface area (Å²) in [5, 5.41) is 6.04. The van der Waals surface area contributed by atoms with E-state index in [-0.39, 0.29) is 23.8 Å². The molecule has 1 fully saturated rings. The van der Waals surface area contributed by atoms with Gasteiger partial charge >= 0.3 is 0 Å². The van der Waals surface area contributed by atoms with Crippen molar-refractivity contribution in [3.63, 3.8) is 0 Å². The minimum absolute atomic E-state index is 0.143. The van der Waals surface area contributed by atoms with Crippen LogP contribution in [0.5, 0.6) is 0 Å². The highest BCUT2D eigenvalue weighted by molar-refractivity contribution is 7.09. The van der Waals surface area contributed by atoms with E-state index in [0.29, 0.717) is 22.0 Å². The van der Waals surface area contributed by atoms with Crippen LogP contribution in [0.4, 0.5) is 5.69 Å². The van der Waals surface area contributed by atoms with E-state index in [9.17, 15) is 9.59 Å². The summed E-state index contributed by atoms with van der Waals surface area (Å²) in [6.07, 6.45) is 8.43. The van der Waals surface area contributed by atoms with E-state index in [2.05, 4.69) is 20.0 Å². The molecule has 1 aliphatic carbocycles. The number of hydrogen-bond donors (Lipinski definition) is 2. The first kappa shape index (κ1) is 19.5. The van der Waals surface area contributed by atoms with Crippen molar-refractivity contribution in [3.05, 3.63) is 29.3 Å². The zero-order valence-electron chi connectivity index (χ0n) is 15.8. The van der Waals surface area contributed by atoms with Crippen molar-refractivity contribution in [1.29, 1.82) is 0 Å². The van der Waals surface area contributed by atoms with E-state index in [1.807, 2.05) is 32.0 Å². The molecule has 1 aliphatic rings. The van der Waals surface area contributed by atoms with Crippen molar-refractivity contribution in [1.82, 2.24) is 14.7 Å². The van der Waals surface area contributed by atoms with Crippen molar-refractivity contribution in [2.75, 3.05) is 5.32 Å². The number of rotatable bonds is 5. The van der Waals surface area contributed by atoms with Gasteiger partial charge in [-0.15, -0.1) is 0 Å². The summed E-state index contributed by atoms with van der Waals surface area (Å²) < 4.78 is 4.44. The molecule has 0 radical (unpaired) electrons. The van der Waals surface area contributed by atoms with Crippen molar-refractivity contribution >= 4 is 29.0 Å². The molecule has 2 amide bonds. The first-order valence-electron chi connectivity index (χ1n) is 9.59. The number of aromatic nitrogens is 2. The molecule has 0 spiro atoms. The van der Waals surface area contributed by atoms with Gasteiger partial charge in [-0.1, -0.05) is 45.6 Å².